The third kappa shape index (κ3) is 2.92. The normalized spacial score (nSPS) is 11.6. The summed E-state index contributed by atoms with van der Waals surface area (Å²) in [7, 11) is 0. The van der Waals surface area contributed by atoms with Crippen LogP contribution in [-0.2, 0) is 5.75 Å². The van der Waals surface area contributed by atoms with E-state index in [9.17, 15) is 9.59 Å². The van der Waals surface area contributed by atoms with Crippen molar-refractivity contribution in [3.05, 3.63) is 61.9 Å². The molecule has 5 aromatic rings. The third-order valence-corrected chi connectivity index (χ3v) is 5.61. The third-order valence-electron chi connectivity index (χ3n) is 3.81. The SMILES string of the molecule is Cc1nn2c(=O)cc(CSc3nc(-c4ccco4)nc4cc(=O)[nH]n34)nc2s1. The van der Waals surface area contributed by atoms with Gasteiger partial charge < -0.3 is 4.42 Å². The minimum atomic E-state index is -0.286. The molecule has 140 valence electrons. The van der Waals surface area contributed by atoms with E-state index in [1.807, 2.05) is 6.92 Å². The number of nitrogens with one attached hydrogen (secondary N) is 1. The molecule has 0 saturated heterocycles. The second kappa shape index (κ2) is 6.42. The van der Waals surface area contributed by atoms with Crippen LogP contribution in [0.3, 0.4) is 0 Å². The highest BCUT2D eigenvalue weighted by Gasteiger charge is 2.14. The first-order chi connectivity index (χ1) is 13.6. The number of H-pyrrole nitrogens is 1. The highest BCUT2D eigenvalue weighted by Crippen LogP contribution is 2.24. The van der Waals surface area contributed by atoms with Crippen LogP contribution in [0.2, 0.25) is 0 Å². The topological polar surface area (TPSA) is 123 Å². The molecule has 0 aliphatic rings. The van der Waals surface area contributed by atoms with E-state index in [2.05, 4.69) is 25.1 Å². The van der Waals surface area contributed by atoms with Crippen LogP contribution in [0, 0.1) is 6.92 Å². The van der Waals surface area contributed by atoms with Crippen LogP contribution in [0.5, 0.6) is 0 Å². The van der Waals surface area contributed by atoms with E-state index in [1.165, 1.54) is 50.5 Å². The molecule has 12 heteroatoms. The number of aromatic amines is 1. The molecule has 1 N–H and O–H groups in total. The van der Waals surface area contributed by atoms with Gasteiger partial charge in [0.25, 0.3) is 11.1 Å². The Labute approximate surface area is 163 Å². The zero-order valence-corrected chi connectivity index (χ0v) is 16.0. The monoisotopic (exact) mass is 413 g/mol. The Hall–Kier alpha value is -3.25. The van der Waals surface area contributed by atoms with Gasteiger partial charge in [0.15, 0.2) is 22.4 Å². The first kappa shape index (κ1) is 16.9. The Balaban J connectivity index is 1.54. The number of rotatable bonds is 4. The van der Waals surface area contributed by atoms with Crippen LogP contribution in [0.15, 0.2) is 49.7 Å². The van der Waals surface area contributed by atoms with E-state index < -0.39 is 0 Å². The molecule has 0 bridgehead atoms. The molecule has 0 saturated carbocycles. The van der Waals surface area contributed by atoms with E-state index in [4.69, 9.17) is 4.42 Å². The molecular weight excluding hydrogens is 402 g/mol. The Morgan fingerprint density at radius 3 is 2.96 bits per heavy atom. The first-order valence-electron chi connectivity index (χ1n) is 8.10. The lowest BCUT2D eigenvalue weighted by molar-refractivity contribution is 0.574. The summed E-state index contributed by atoms with van der Waals surface area (Å²) >= 11 is 2.67. The van der Waals surface area contributed by atoms with E-state index in [0.29, 0.717) is 38.8 Å². The molecule has 0 fully saturated rings. The van der Waals surface area contributed by atoms with Gasteiger partial charge in [-0.1, -0.05) is 23.1 Å². The van der Waals surface area contributed by atoms with Gasteiger partial charge in [0.1, 0.15) is 5.01 Å². The van der Waals surface area contributed by atoms with Crippen LogP contribution < -0.4 is 11.1 Å². The largest absolute Gasteiger partial charge is 0.461 e. The summed E-state index contributed by atoms with van der Waals surface area (Å²) in [5, 5.41) is 8.07. The van der Waals surface area contributed by atoms with E-state index in [1.54, 1.807) is 12.1 Å². The van der Waals surface area contributed by atoms with Gasteiger partial charge in [-0.05, 0) is 19.1 Å². The average molecular weight is 413 g/mol. The molecule has 5 aromatic heterocycles. The minimum absolute atomic E-state index is 0.233. The molecule has 0 atom stereocenters. The summed E-state index contributed by atoms with van der Waals surface area (Å²) in [4.78, 5) is 37.9. The molecule has 0 amide bonds. The second-order valence-electron chi connectivity index (χ2n) is 5.81. The van der Waals surface area contributed by atoms with Crippen molar-refractivity contribution in [3.63, 3.8) is 0 Å². The van der Waals surface area contributed by atoms with Crippen LogP contribution in [0.4, 0.5) is 0 Å². The lowest BCUT2D eigenvalue weighted by atomic mass is 10.4. The van der Waals surface area contributed by atoms with Crippen molar-refractivity contribution in [2.45, 2.75) is 17.8 Å². The molecule has 0 spiro atoms. The molecule has 0 unspecified atom stereocenters. The van der Waals surface area contributed by atoms with Gasteiger partial charge in [0.2, 0.25) is 4.96 Å². The number of fused-ring (bicyclic) bond motifs is 2. The van der Waals surface area contributed by atoms with Crippen LogP contribution >= 0.6 is 23.1 Å². The second-order valence-corrected chi connectivity index (χ2v) is 7.91. The Bertz CT molecular complexity index is 1430. The Morgan fingerprint density at radius 1 is 1.25 bits per heavy atom. The summed E-state index contributed by atoms with van der Waals surface area (Å²) in [5.74, 6) is 1.25. The standard InChI is InChI=1S/C16H11N7O3S2/c1-8-20-23-13(25)5-9(17-16(23)28-8)7-27-15-19-14(10-3-2-4-26-10)18-11-6-12(24)21-22(11)15/h2-6H,7H2,1H3,(H,21,24). The summed E-state index contributed by atoms with van der Waals surface area (Å²) in [5.41, 5.74) is 0.504. The number of aryl methyl sites for hydroxylation is 1. The molecule has 0 radical (unpaired) electrons. The summed E-state index contributed by atoms with van der Waals surface area (Å²) in [6.07, 6.45) is 1.53. The molecule has 0 aromatic carbocycles. The first-order valence-corrected chi connectivity index (χ1v) is 9.90. The van der Waals surface area contributed by atoms with Crippen LogP contribution in [0.25, 0.3) is 22.2 Å². The number of thioether (sulfide) groups is 1. The van der Waals surface area contributed by atoms with Crippen molar-refractivity contribution in [1.82, 2.24) is 34.2 Å². The molecule has 0 aliphatic heterocycles. The van der Waals surface area contributed by atoms with E-state index in [0.717, 1.165) is 5.01 Å². The molecule has 0 aliphatic carbocycles. The maximum Gasteiger partial charge on any atom is 0.275 e. The van der Waals surface area contributed by atoms with Gasteiger partial charge in [0.05, 0.1) is 12.0 Å². The molecule has 10 nitrogen and oxygen atoms in total. The van der Waals surface area contributed by atoms with Crippen molar-refractivity contribution >= 4 is 33.7 Å². The van der Waals surface area contributed by atoms with Gasteiger partial charge in [0, 0.05) is 17.9 Å². The molecular formula is C16H11N7O3S2. The van der Waals surface area contributed by atoms with Crippen LogP contribution in [-0.4, -0.2) is 34.2 Å². The van der Waals surface area contributed by atoms with Crippen LogP contribution in [0.1, 0.15) is 10.7 Å². The molecule has 5 rings (SSSR count). The van der Waals surface area contributed by atoms with Crippen molar-refractivity contribution in [2.24, 2.45) is 0 Å². The molecule has 5 heterocycles. The zero-order chi connectivity index (χ0) is 19.3. The molecule has 28 heavy (non-hydrogen) atoms. The van der Waals surface area contributed by atoms with Gasteiger partial charge >= 0.3 is 0 Å². The summed E-state index contributed by atoms with van der Waals surface area (Å²) in [6.45, 7) is 1.82. The number of furan rings is 1. The fourth-order valence-electron chi connectivity index (χ4n) is 2.66. The van der Waals surface area contributed by atoms with Crippen molar-refractivity contribution in [1.29, 1.82) is 0 Å². The summed E-state index contributed by atoms with van der Waals surface area (Å²) < 4.78 is 8.15. The maximum absolute atomic E-state index is 12.2. The highest BCUT2D eigenvalue weighted by atomic mass is 32.2. The van der Waals surface area contributed by atoms with Gasteiger partial charge in [-0.25, -0.2) is 14.5 Å². The highest BCUT2D eigenvalue weighted by molar-refractivity contribution is 7.98. The quantitative estimate of drug-likeness (QED) is 0.442. The smallest absolute Gasteiger partial charge is 0.275 e. The number of aromatic nitrogens is 7. The fourth-order valence-corrected chi connectivity index (χ4v) is 4.27. The van der Waals surface area contributed by atoms with Crippen molar-refractivity contribution in [3.8, 4) is 11.6 Å². The zero-order valence-electron chi connectivity index (χ0n) is 14.3. The fraction of sp³-hybridized carbons (Fsp3) is 0.125. The maximum atomic E-state index is 12.2. The number of nitrogens with zero attached hydrogens (tertiary/aromatic N) is 6. The van der Waals surface area contributed by atoms with Gasteiger partial charge in [-0.2, -0.15) is 14.6 Å². The van der Waals surface area contributed by atoms with E-state index in [-0.39, 0.29) is 11.1 Å². The van der Waals surface area contributed by atoms with Gasteiger partial charge in [-0.3, -0.25) is 14.7 Å². The summed E-state index contributed by atoms with van der Waals surface area (Å²) in [6, 6.07) is 6.31. The predicted molar refractivity (Wildman–Crippen MR) is 103 cm³/mol. The lowest BCUT2D eigenvalue weighted by Crippen LogP contribution is -2.15. The lowest BCUT2D eigenvalue weighted by Gasteiger charge is -2.06. The van der Waals surface area contributed by atoms with Crippen molar-refractivity contribution in [2.75, 3.05) is 0 Å². The average Bonchev–Trinajstić information content (AvgIpc) is 3.37. The van der Waals surface area contributed by atoms with Crippen molar-refractivity contribution < 1.29 is 4.42 Å². The Morgan fingerprint density at radius 2 is 2.14 bits per heavy atom. The Kier molecular flexibility index (Phi) is 3.87. The number of hydrogen-bond acceptors (Lipinski definition) is 9. The number of hydrogen-bond donors (Lipinski definition) is 1. The predicted octanol–water partition coefficient (Wildman–Crippen LogP) is 1.74. The van der Waals surface area contributed by atoms with E-state index >= 15 is 0 Å². The minimum Gasteiger partial charge on any atom is -0.461 e. The van der Waals surface area contributed by atoms with Gasteiger partial charge in [-0.15, -0.1) is 0 Å².